The lowest BCUT2D eigenvalue weighted by atomic mass is 10.0. The Morgan fingerprint density at radius 2 is 2.15 bits per heavy atom. The smallest absolute Gasteiger partial charge is 0.163 e. The van der Waals surface area contributed by atoms with Gasteiger partial charge in [-0.15, -0.1) is 11.3 Å². The largest absolute Gasteiger partial charge is 0.310 e. The van der Waals surface area contributed by atoms with E-state index in [0.717, 1.165) is 28.4 Å². The zero-order valence-electron chi connectivity index (χ0n) is 11.1. The molecule has 0 aliphatic rings. The van der Waals surface area contributed by atoms with Crippen LogP contribution in [0.15, 0.2) is 34.1 Å². The van der Waals surface area contributed by atoms with Crippen LogP contribution in [0.3, 0.4) is 0 Å². The van der Waals surface area contributed by atoms with Gasteiger partial charge in [-0.1, -0.05) is 19.1 Å². The van der Waals surface area contributed by atoms with Gasteiger partial charge in [0.2, 0.25) is 0 Å². The van der Waals surface area contributed by atoms with Crippen LogP contribution in [0.2, 0.25) is 0 Å². The van der Waals surface area contributed by atoms with Crippen molar-refractivity contribution in [1.29, 1.82) is 0 Å². The summed E-state index contributed by atoms with van der Waals surface area (Å²) in [6.45, 7) is 2.82. The molecule has 1 aromatic carbocycles. The molecule has 0 fully saturated rings. The quantitative estimate of drug-likeness (QED) is 0.758. The van der Waals surface area contributed by atoms with E-state index in [0.29, 0.717) is 12.0 Å². The van der Waals surface area contributed by atoms with Gasteiger partial charge in [-0.25, -0.2) is 8.78 Å². The minimum atomic E-state index is -0.793. The van der Waals surface area contributed by atoms with Crippen LogP contribution in [0.25, 0.3) is 0 Å². The zero-order chi connectivity index (χ0) is 14.5. The molecule has 0 saturated carbocycles. The fourth-order valence-corrected chi connectivity index (χ4v) is 3.56. The van der Waals surface area contributed by atoms with Gasteiger partial charge < -0.3 is 5.32 Å². The lowest BCUT2D eigenvalue weighted by Gasteiger charge is -2.19. The third kappa shape index (κ3) is 3.87. The number of halogens is 3. The Morgan fingerprint density at radius 3 is 2.80 bits per heavy atom. The van der Waals surface area contributed by atoms with Crippen LogP contribution >= 0.6 is 27.3 Å². The number of rotatable bonds is 6. The van der Waals surface area contributed by atoms with Crippen molar-refractivity contribution in [3.63, 3.8) is 0 Å². The Kier molecular flexibility index (Phi) is 5.69. The van der Waals surface area contributed by atoms with Crippen LogP contribution in [0.5, 0.6) is 0 Å². The molecule has 1 aromatic heterocycles. The topological polar surface area (TPSA) is 12.0 Å². The van der Waals surface area contributed by atoms with Gasteiger partial charge in [0.15, 0.2) is 11.6 Å². The van der Waals surface area contributed by atoms with Gasteiger partial charge in [-0.3, -0.25) is 0 Å². The maximum absolute atomic E-state index is 14.0. The van der Waals surface area contributed by atoms with Crippen LogP contribution < -0.4 is 5.32 Å². The molecule has 5 heteroatoms. The van der Waals surface area contributed by atoms with E-state index in [4.69, 9.17) is 0 Å². The molecule has 20 heavy (non-hydrogen) atoms. The molecule has 0 saturated heterocycles. The highest BCUT2D eigenvalue weighted by Crippen LogP contribution is 2.27. The highest BCUT2D eigenvalue weighted by atomic mass is 79.9. The van der Waals surface area contributed by atoms with E-state index in [9.17, 15) is 8.78 Å². The summed E-state index contributed by atoms with van der Waals surface area (Å²) in [6, 6.07) is 6.16. The van der Waals surface area contributed by atoms with Gasteiger partial charge in [0.25, 0.3) is 0 Å². The van der Waals surface area contributed by atoms with Crippen LogP contribution in [-0.4, -0.2) is 6.54 Å². The predicted molar refractivity (Wildman–Crippen MR) is 83.1 cm³/mol. The fraction of sp³-hybridized carbons (Fsp3) is 0.333. The highest BCUT2D eigenvalue weighted by molar-refractivity contribution is 9.10. The number of hydrogen-bond donors (Lipinski definition) is 1. The summed E-state index contributed by atoms with van der Waals surface area (Å²) >= 11 is 5.03. The first-order chi connectivity index (χ1) is 9.61. The van der Waals surface area contributed by atoms with E-state index in [1.807, 2.05) is 18.4 Å². The minimum absolute atomic E-state index is 0.212. The average molecular weight is 360 g/mol. The summed E-state index contributed by atoms with van der Waals surface area (Å²) in [5, 5.41) is 5.29. The van der Waals surface area contributed by atoms with Crippen molar-refractivity contribution < 1.29 is 8.78 Å². The van der Waals surface area contributed by atoms with E-state index < -0.39 is 11.6 Å². The molecule has 1 atom stereocenters. The number of thiophene rings is 1. The first-order valence-electron chi connectivity index (χ1n) is 6.52. The van der Waals surface area contributed by atoms with Crippen LogP contribution in [0.4, 0.5) is 8.78 Å². The highest BCUT2D eigenvalue weighted by Gasteiger charge is 2.18. The Hall–Kier alpha value is -0.780. The molecule has 0 spiro atoms. The molecule has 0 aliphatic heterocycles. The van der Waals surface area contributed by atoms with Gasteiger partial charge in [0.05, 0.1) is 0 Å². The van der Waals surface area contributed by atoms with Gasteiger partial charge in [-0.05, 0) is 41.0 Å². The number of benzene rings is 1. The fourth-order valence-electron chi connectivity index (χ4n) is 2.06. The summed E-state index contributed by atoms with van der Waals surface area (Å²) in [5.74, 6) is -1.55. The molecular weight excluding hydrogens is 344 g/mol. The molecule has 0 amide bonds. The zero-order valence-corrected chi connectivity index (χ0v) is 13.5. The first kappa shape index (κ1) is 15.6. The van der Waals surface area contributed by atoms with E-state index in [1.165, 1.54) is 0 Å². The van der Waals surface area contributed by atoms with Gasteiger partial charge in [-0.2, -0.15) is 0 Å². The van der Waals surface area contributed by atoms with Crippen LogP contribution in [0.1, 0.15) is 29.8 Å². The summed E-state index contributed by atoms with van der Waals surface area (Å²) in [4.78, 5) is 1.13. The maximum Gasteiger partial charge on any atom is 0.163 e. The second-order valence-corrected chi connectivity index (χ2v) is 6.50. The monoisotopic (exact) mass is 359 g/mol. The van der Waals surface area contributed by atoms with Crippen LogP contribution in [0, 0.1) is 11.6 Å². The Balaban J connectivity index is 2.24. The molecule has 0 aliphatic carbocycles. The average Bonchev–Trinajstić information content (AvgIpc) is 2.83. The Labute approximate surface area is 130 Å². The molecule has 0 radical (unpaired) electrons. The lowest BCUT2D eigenvalue weighted by Crippen LogP contribution is -2.25. The van der Waals surface area contributed by atoms with Crippen molar-refractivity contribution in [2.24, 2.45) is 0 Å². The van der Waals surface area contributed by atoms with Crippen molar-refractivity contribution in [2.75, 3.05) is 6.54 Å². The molecule has 2 aromatic rings. The maximum atomic E-state index is 14.0. The standard InChI is InChI=1S/C15H16BrF2NS/c1-2-6-19-14(8-11-7-10(16)9-20-11)12-4-3-5-13(17)15(12)18/h3-5,7,9,14,19H,2,6,8H2,1H3. The molecule has 0 bridgehead atoms. The van der Waals surface area contributed by atoms with Gasteiger partial charge >= 0.3 is 0 Å². The number of nitrogens with one attached hydrogen (secondary N) is 1. The van der Waals surface area contributed by atoms with E-state index in [1.54, 1.807) is 23.5 Å². The minimum Gasteiger partial charge on any atom is -0.310 e. The van der Waals surface area contributed by atoms with Crippen molar-refractivity contribution >= 4 is 27.3 Å². The predicted octanol–water partition coefficient (Wildman–Crippen LogP) is 5.07. The Bertz CT molecular complexity index is 571. The van der Waals surface area contributed by atoms with Crippen molar-refractivity contribution in [2.45, 2.75) is 25.8 Å². The molecular formula is C15H16BrF2NS. The summed E-state index contributed by atoms with van der Waals surface area (Å²) < 4.78 is 28.4. The van der Waals surface area contributed by atoms with Gasteiger partial charge in [0, 0.05) is 32.8 Å². The van der Waals surface area contributed by atoms with Crippen molar-refractivity contribution in [3.8, 4) is 0 Å². The second kappa shape index (κ2) is 7.29. The second-order valence-electron chi connectivity index (χ2n) is 4.59. The van der Waals surface area contributed by atoms with Crippen molar-refractivity contribution in [1.82, 2.24) is 5.32 Å². The molecule has 1 nitrogen and oxygen atoms in total. The van der Waals surface area contributed by atoms with Gasteiger partial charge in [0.1, 0.15) is 0 Å². The summed E-state index contributed by atoms with van der Waals surface area (Å²) in [7, 11) is 0. The van der Waals surface area contributed by atoms with Crippen molar-refractivity contribution in [3.05, 3.63) is 56.2 Å². The van der Waals surface area contributed by atoms with E-state index in [2.05, 4.69) is 21.2 Å². The molecule has 2 rings (SSSR count). The van der Waals surface area contributed by atoms with Crippen LogP contribution in [-0.2, 0) is 6.42 Å². The lowest BCUT2D eigenvalue weighted by molar-refractivity contribution is 0.460. The summed E-state index contributed by atoms with van der Waals surface area (Å²) in [5.41, 5.74) is 0.392. The third-order valence-electron chi connectivity index (χ3n) is 3.02. The molecule has 1 heterocycles. The molecule has 108 valence electrons. The van der Waals surface area contributed by atoms with E-state index in [-0.39, 0.29) is 6.04 Å². The first-order valence-corrected chi connectivity index (χ1v) is 8.19. The normalized spacial score (nSPS) is 12.6. The SMILES string of the molecule is CCCNC(Cc1cc(Br)cs1)c1cccc(F)c1F. The molecule has 1 unspecified atom stereocenters. The summed E-state index contributed by atoms with van der Waals surface area (Å²) in [6.07, 6.45) is 1.60. The Morgan fingerprint density at radius 1 is 1.35 bits per heavy atom. The molecule has 1 N–H and O–H groups in total. The van der Waals surface area contributed by atoms with E-state index >= 15 is 0 Å². The number of hydrogen-bond acceptors (Lipinski definition) is 2. The third-order valence-corrected chi connectivity index (χ3v) is 4.74.